The van der Waals surface area contributed by atoms with Crippen LogP contribution in [0.5, 0.6) is 0 Å². The largest absolute Gasteiger partial charge is 0.383 e. The Bertz CT molecular complexity index is 703. The molecular formula is C19H25N3O3S. The number of thiazole rings is 1. The van der Waals surface area contributed by atoms with Crippen LogP contribution in [-0.2, 0) is 20.7 Å². The molecule has 7 heteroatoms. The van der Waals surface area contributed by atoms with E-state index >= 15 is 0 Å². The smallest absolute Gasteiger partial charge is 0.315 e. The Morgan fingerprint density at radius 3 is 2.69 bits per heavy atom. The van der Waals surface area contributed by atoms with Crippen molar-refractivity contribution in [3.8, 4) is 0 Å². The van der Waals surface area contributed by atoms with E-state index in [9.17, 15) is 9.59 Å². The molecule has 0 aliphatic carbocycles. The molecule has 0 aliphatic heterocycles. The van der Waals surface area contributed by atoms with Crippen LogP contribution in [0.3, 0.4) is 0 Å². The predicted octanol–water partition coefficient (Wildman–Crippen LogP) is 2.99. The van der Waals surface area contributed by atoms with E-state index in [1.165, 1.54) is 16.9 Å². The molecule has 2 amide bonds. The molecule has 26 heavy (non-hydrogen) atoms. The predicted molar refractivity (Wildman–Crippen MR) is 103 cm³/mol. The SMILES string of the molecule is CCCC[C@H](COC)NC(=O)C(=O)Nc1ncc(Cc2ccccc2)s1. The van der Waals surface area contributed by atoms with Crippen molar-refractivity contribution in [1.29, 1.82) is 0 Å². The summed E-state index contributed by atoms with van der Waals surface area (Å²) in [6.45, 7) is 2.46. The van der Waals surface area contributed by atoms with Crippen LogP contribution in [-0.4, -0.2) is 36.6 Å². The first-order chi connectivity index (χ1) is 12.6. The Kier molecular flexibility index (Phi) is 8.24. The van der Waals surface area contributed by atoms with Gasteiger partial charge in [-0.15, -0.1) is 11.3 Å². The highest BCUT2D eigenvalue weighted by molar-refractivity contribution is 7.15. The average molecular weight is 375 g/mol. The summed E-state index contributed by atoms with van der Waals surface area (Å²) in [5, 5.41) is 5.71. The van der Waals surface area contributed by atoms with Gasteiger partial charge in [0.2, 0.25) is 0 Å². The molecule has 0 bridgehead atoms. The Hall–Kier alpha value is -2.25. The quantitative estimate of drug-likeness (QED) is 0.660. The van der Waals surface area contributed by atoms with Crippen LogP contribution in [0.25, 0.3) is 0 Å². The maximum Gasteiger partial charge on any atom is 0.315 e. The summed E-state index contributed by atoms with van der Waals surface area (Å²) in [5.41, 5.74) is 1.17. The van der Waals surface area contributed by atoms with Crippen LogP contribution >= 0.6 is 11.3 Å². The van der Waals surface area contributed by atoms with Gasteiger partial charge in [-0.2, -0.15) is 0 Å². The lowest BCUT2D eigenvalue weighted by molar-refractivity contribution is -0.136. The van der Waals surface area contributed by atoms with Gasteiger partial charge in [0.05, 0.1) is 12.6 Å². The number of nitrogens with zero attached hydrogens (tertiary/aromatic N) is 1. The van der Waals surface area contributed by atoms with Gasteiger partial charge in [0.1, 0.15) is 0 Å². The Morgan fingerprint density at radius 2 is 2.00 bits per heavy atom. The van der Waals surface area contributed by atoms with Crippen molar-refractivity contribution in [3.63, 3.8) is 0 Å². The first-order valence-electron chi connectivity index (χ1n) is 8.71. The van der Waals surface area contributed by atoms with Crippen molar-refractivity contribution in [2.45, 2.75) is 38.6 Å². The molecule has 2 rings (SSSR count). The third-order valence-corrected chi connectivity index (χ3v) is 4.72. The van der Waals surface area contributed by atoms with E-state index in [1.54, 1.807) is 13.3 Å². The first-order valence-corrected chi connectivity index (χ1v) is 9.53. The molecule has 1 atom stereocenters. The average Bonchev–Trinajstić information content (AvgIpc) is 3.07. The zero-order valence-corrected chi connectivity index (χ0v) is 16.0. The third-order valence-electron chi connectivity index (χ3n) is 3.81. The normalized spacial score (nSPS) is 11.8. The number of unbranched alkanes of at least 4 members (excludes halogenated alkanes) is 1. The van der Waals surface area contributed by atoms with E-state index in [2.05, 4.69) is 22.5 Å². The van der Waals surface area contributed by atoms with Gasteiger partial charge in [-0.25, -0.2) is 4.98 Å². The summed E-state index contributed by atoms with van der Waals surface area (Å²) in [7, 11) is 1.58. The summed E-state index contributed by atoms with van der Waals surface area (Å²) in [4.78, 5) is 29.4. The minimum absolute atomic E-state index is 0.164. The zero-order chi connectivity index (χ0) is 18.8. The molecule has 140 valence electrons. The fraction of sp³-hybridized carbons (Fsp3) is 0.421. The highest BCUT2D eigenvalue weighted by atomic mass is 32.1. The topological polar surface area (TPSA) is 80.3 Å². The number of hydrogen-bond donors (Lipinski definition) is 2. The number of carbonyl (C=O) groups is 2. The standard InChI is InChI=1S/C19H25N3O3S/c1-3-4-10-15(13-25-2)21-17(23)18(24)22-19-20-12-16(26-19)11-14-8-6-5-7-9-14/h5-9,12,15H,3-4,10-11,13H2,1-2H3,(H,21,23)(H,20,22,24)/t15-/m1/s1. The molecule has 1 heterocycles. The summed E-state index contributed by atoms with van der Waals surface area (Å²) in [5.74, 6) is -1.37. The minimum Gasteiger partial charge on any atom is -0.383 e. The number of amides is 2. The van der Waals surface area contributed by atoms with Crippen LogP contribution in [0, 0.1) is 0 Å². The number of anilines is 1. The second-order valence-electron chi connectivity index (χ2n) is 6.02. The number of aromatic nitrogens is 1. The fourth-order valence-electron chi connectivity index (χ4n) is 2.50. The van der Waals surface area contributed by atoms with Gasteiger partial charge in [0, 0.05) is 24.6 Å². The van der Waals surface area contributed by atoms with Crippen LogP contribution in [0.4, 0.5) is 5.13 Å². The van der Waals surface area contributed by atoms with E-state index in [-0.39, 0.29) is 6.04 Å². The molecule has 0 unspecified atom stereocenters. The molecule has 0 spiro atoms. The number of carbonyl (C=O) groups excluding carboxylic acids is 2. The summed E-state index contributed by atoms with van der Waals surface area (Å²) in [6.07, 6.45) is 5.23. The van der Waals surface area contributed by atoms with E-state index in [4.69, 9.17) is 4.74 Å². The Morgan fingerprint density at radius 1 is 1.23 bits per heavy atom. The van der Waals surface area contributed by atoms with Gasteiger partial charge in [-0.05, 0) is 12.0 Å². The maximum atomic E-state index is 12.1. The highest BCUT2D eigenvalue weighted by Gasteiger charge is 2.19. The minimum atomic E-state index is -0.705. The summed E-state index contributed by atoms with van der Waals surface area (Å²) in [6, 6.07) is 9.85. The Labute approximate surface area is 158 Å². The van der Waals surface area contributed by atoms with Crippen molar-refractivity contribution in [1.82, 2.24) is 10.3 Å². The number of nitrogens with one attached hydrogen (secondary N) is 2. The summed E-state index contributed by atoms with van der Waals surface area (Å²) < 4.78 is 5.10. The molecule has 1 aromatic heterocycles. The summed E-state index contributed by atoms with van der Waals surface area (Å²) >= 11 is 1.37. The molecular weight excluding hydrogens is 350 g/mol. The van der Waals surface area contributed by atoms with E-state index < -0.39 is 11.8 Å². The van der Waals surface area contributed by atoms with Gasteiger partial charge >= 0.3 is 11.8 Å². The zero-order valence-electron chi connectivity index (χ0n) is 15.2. The number of methoxy groups -OCH3 is 1. The van der Waals surface area contributed by atoms with Crippen molar-refractivity contribution < 1.29 is 14.3 Å². The molecule has 0 saturated heterocycles. The lowest BCUT2D eigenvalue weighted by Gasteiger charge is -2.16. The van der Waals surface area contributed by atoms with Gasteiger partial charge in [-0.1, -0.05) is 50.1 Å². The highest BCUT2D eigenvalue weighted by Crippen LogP contribution is 2.21. The van der Waals surface area contributed by atoms with Crippen LogP contribution in [0.15, 0.2) is 36.5 Å². The number of ether oxygens (including phenoxy) is 1. The molecule has 1 aromatic carbocycles. The third kappa shape index (κ3) is 6.57. The molecule has 6 nitrogen and oxygen atoms in total. The lowest BCUT2D eigenvalue weighted by atomic mass is 10.1. The molecule has 0 aliphatic rings. The Balaban J connectivity index is 1.87. The molecule has 0 saturated carbocycles. The lowest BCUT2D eigenvalue weighted by Crippen LogP contribution is -2.43. The molecule has 0 radical (unpaired) electrons. The molecule has 0 fully saturated rings. The van der Waals surface area contributed by atoms with Crippen molar-refractivity contribution in [2.24, 2.45) is 0 Å². The van der Waals surface area contributed by atoms with Crippen molar-refractivity contribution >= 4 is 28.3 Å². The molecule has 2 N–H and O–H groups in total. The van der Waals surface area contributed by atoms with Crippen molar-refractivity contribution in [2.75, 3.05) is 19.0 Å². The van der Waals surface area contributed by atoms with E-state index in [1.807, 2.05) is 30.3 Å². The van der Waals surface area contributed by atoms with Crippen LogP contribution in [0.2, 0.25) is 0 Å². The second kappa shape index (κ2) is 10.7. The van der Waals surface area contributed by atoms with Crippen molar-refractivity contribution in [3.05, 3.63) is 47.0 Å². The number of hydrogen-bond acceptors (Lipinski definition) is 5. The van der Waals surface area contributed by atoms with Gasteiger partial charge < -0.3 is 10.1 Å². The van der Waals surface area contributed by atoms with Crippen LogP contribution < -0.4 is 10.6 Å². The van der Waals surface area contributed by atoms with Gasteiger partial charge in [0.15, 0.2) is 5.13 Å². The van der Waals surface area contributed by atoms with Gasteiger partial charge in [-0.3, -0.25) is 14.9 Å². The first kappa shape index (κ1) is 20.1. The number of benzene rings is 1. The monoisotopic (exact) mass is 375 g/mol. The fourth-order valence-corrected chi connectivity index (χ4v) is 3.34. The molecule has 2 aromatic rings. The maximum absolute atomic E-state index is 12.1. The van der Waals surface area contributed by atoms with E-state index in [0.29, 0.717) is 11.7 Å². The second-order valence-corrected chi connectivity index (χ2v) is 7.13. The van der Waals surface area contributed by atoms with Crippen LogP contribution in [0.1, 0.15) is 36.6 Å². The van der Waals surface area contributed by atoms with E-state index in [0.717, 1.165) is 30.6 Å². The number of rotatable bonds is 9. The van der Waals surface area contributed by atoms with Gasteiger partial charge in [0.25, 0.3) is 0 Å².